The standard InChI is InChI=1S/C20H28O4/c1-10(2)11-9-12-13(16(23)14(11)21)20(5)8-6-7-19(3,4)18(20)17(24)15(12)22/h9-10,15,17-18,22,24H,6-8H2,1-5H3. The first-order valence-corrected chi connectivity index (χ1v) is 8.94. The van der Waals surface area contributed by atoms with Gasteiger partial charge in [-0.3, -0.25) is 9.59 Å². The Morgan fingerprint density at radius 2 is 1.71 bits per heavy atom. The van der Waals surface area contributed by atoms with Gasteiger partial charge in [0.1, 0.15) is 6.10 Å². The monoisotopic (exact) mass is 332 g/mol. The van der Waals surface area contributed by atoms with Gasteiger partial charge in [0.2, 0.25) is 11.6 Å². The highest BCUT2D eigenvalue weighted by molar-refractivity contribution is 6.50. The van der Waals surface area contributed by atoms with Crippen molar-refractivity contribution in [1.29, 1.82) is 0 Å². The molecule has 1 saturated carbocycles. The van der Waals surface area contributed by atoms with Crippen LogP contribution >= 0.6 is 0 Å². The van der Waals surface area contributed by atoms with Gasteiger partial charge in [-0.25, -0.2) is 0 Å². The molecule has 0 aromatic heterocycles. The van der Waals surface area contributed by atoms with Crippen molar-refractivity contribution >= 4 is 11.6 Å². The molecule has 0 heterocycles. The van der Waals surface area contributed by atoms with Crippen molar-refractivity contribution < 1.29 is 19.8 Å². The summed E-state index contributed by atoms with van der Waals surface area (Å²) in [5.41, 5.74) is 0.584. The topological polar surface area (TPSA) is 74.6 Å². The third kappa shape index (κ3) is 2.19. The summed E-state index contributed by atoms with van der Waals surface area (Å²) < 4.78 is 0. The highest BCUT2D eigenvalue weighted by atomic mass is 16.3. The van der Waals surface area contributed by atoms with Gasteiger partial charge in [0.15, 0.2) is 0 Å². The lowest BCUT2D eigenvalue weighted by Gasteiger charge is -2.57. The second-order valence-corrected chi connectivity index (χ2v) is 8.92. The first-order valence-electron chi connectivity index (χ1n) is 8.94. The Balaban J connectivity index is 2.26. The van der Waals surface area contributed by atoms with Crippen molar-refractivity contribution in [2.45, 2.75) is 66.1 Å². The fourth-order valence-electron chi connectivity index (χ4n) is 5.50. The van der Waals surface area contributed by atoms with Crippen LogP contribution in [0.4, 0.5) is 0 Å². The van der Waals surface area contributed by atoms with Gasteiger partial charge in [0, 0.05) is 22.5 Å². The van der Waals surface area contributed by atoms with Crippen LogP contribution in [-0.4, -0.2) is 34.0 Å². The van der Waals surface area contributed by atoms with Crippen LogP contribution in [0.1, 0.15) is 53.9 Å². The summed E-state index contributed by atoms with van der Waals surface area (Å²) in [4.78, 5) is 25.5. The van der Waals surface area contributed by atoms with E-state index in [0.717, 1.165) is 19.3 Å². The molecule has 0 aliphatic heterocycles. The third-order valence-corrected chi connectivity index (χ3v) is 6.52. The molecule has 3 aliphatic rings. The predicted octanol–water partition coefficient (Wildman–Crippen LogP) is 2.59. The summed E-state index contributed by atoms with van der Waals surface area (Å²) in [5, 5.41) is 21.6. The second-order valence-electron chi connectivity index (χ2n) is 8.92. The first kappa shape index (κ1) is 17.6. The molecule has 4 atom stereocenters. The molecule has 1 fully saturated rings. The second kappa shape index (κ2) is 5.37. The van der Waals surface area contributed by atoms with E-state index in [1.165, 1.54) is 0 Å². The molecule has 0 aromatic rings. The molecule has 0 spiro atoms. The van der Waals surface area contributed by atoms with E-state index in [0.29, 0.717) is 16.7 Å². The van der Waals surface area contributed by atoms with Gasteiger partial charge < -0.3 is 10.2 Å². The Bertz CT molecular complexity index is 667. The van der Waals surface area contributed by atoms with Crippen LogP contribution in [-0.2, 0) is 9.59 Å². The largest absolute Gasteiger partial charge is 0.390 e. The van der Waals surface area contributed by atoms with Crippen molar-refractivity contribution in [1.82, 2.24) is 0 Å². The van der Waals surface area contributed by atoms with E-state index in [1.54, 1.807) is 6.08 Å². The number of carbonyl (C=O) groups excluding carboxylic acids is 2. The van der Waals surface area contributed by atoms with Crippen molar-refractivity contribution in [2.75, 3.05) is 0 Å². The van der Waals surface area contributed by atoms with E-state index < -0.39 is 29.2 Å². The molecule has 0 aromatic carbocycles. The van der Waals surface area contributed by atoms with Gasteiger partial charge in [0.25, 0.3) is 0 Å². The summed E-state index contributed by atoms with van der Waals surface area (Å²) >= 11 is 0. The SMILES string of the molecule is CC(C)C1=CC2=C(C(=O)C1=O)C1(C)CCCC(C)(C)C1C(O)C2O. The molecular formula is C20H28O4. The van der Waals surface area contributed by atoms with Gasteiger partial charge in [-0.1, -0.05) is 41.0 Å². The number of ketones is 2. The van der Waals surface area contributed by atoms with Crippen LogP contribution in [0.3, 0.4) is 0 Å². The molecule has 0 radical (unpaired) electrons. The smallest absolute Gasteiger partial charge is 0.230 e. The maximum absolute atomic E-state index is 13.0. The van der Waals surface area contributed by atoms with Crippen molar-refractivity contribution in [3.05, 3.63) is 22.8 Å². The summed E-state index contributed by atoms with van der Waals surface area (Å²) in [6.45, 7) is 9.88. The molecular weight excluding hydrogens is 304 g/mol. The summed E-state index contributed by atoms with van der Waals surface area (Å²) in [6.07, 6.45) is 2.28. The molecule has 4 heteroatoms. The lowest BCUT2D eigenvalue weighted by atomic mass is 9.47. The minimum atomic E-state index is -1.11. The van der Waals surface area contributed by atoms with Crippen LogP contribution in [0.15, 0.2) is 22.8 Å². The van der Waals surface area contributed by atoms with E-state index in [9.17, 15) is 19.8 Å². The average Bonchev–Trinajstić information content (AvgIpc) is 2.46. The van der Waals surface area contributed by atoms with Gasteiger partial charge >= 0.3 is 0 Å². The number of aliphatic hydroxyl groups excluding tert-OH is 2. The van der Waals surface area contributed by atoms with Crippen LogP contribution in [0.5, 0.6) is 0 Å². The molecule has 4 unspecified atom stereocenters. The maximum Gasteiger partial charge on any atom is 0.230 e. The number of hydrogen-bond acceptors (Lipinski definition) is 4. The quantitative estimate of drug-likeness (QED) is 0.572. The van der Waals surface area contributed by atoms with E-state index in [-0.39, 0.29) is 17.3 Å². The number of fused-ring (bicyclic) bond motifs is 2. The van der Waals surface area contributed by atoms with Crippen LogP contribution in [0.25, 0.3) is 0 Å². The van der Waals surface area contributed by atoms with Gasteiger partial charge in [-0.2, -0.15) is 0 Å². The van der Waals surface area contributed by atoms with Crippen LogP contribution < -0.4 is 0 Å². The average molecular weight is 332 g/mol. The molecule has 2 N–H and O–H groups in total. The summed E-state index contributed by atoms with van der Waals surface area (Å²) in [7, 11) is 0. The Kier molecular flexibility index (Phi) is 3.93. The van der Waals surface area contributed by atoms with E-state index >= 15 is 0 Å². The zero-order valence-electron chi connectivity index (χ0n) is 15.2. The minimum absolute atomic E-state index is 0.0897. The highest BCUT2D eigenvalue weighted by Gasteiger charge is 2.59. The zero-order chi connectivity index (χ0) is 18.0. The molecule has 3 aliphatic carbocycles. The van der Waals surface area contributed by atoms with Crippen LogP contribution in [0, 0.1) is 22.7 Å². The van der Waals surface area contributed by atoms with Gasteiger partial charge in [0.05, 0.1) is 6.10 Å². The molecule has 4 nitrogen and oxygen atoms in total. The highest BCUT2D eigenvalue weighted by Crippen LogP contribution is 2.60. The van der Waals surface area contributed by atoms with Crippen molar-refractivity contribution in [3.8, 4) is 0 Å². The fraction of sp³-hybridized carbons (Fsp3) is 0.700. The van der Waals surface area contributed by atoms with E-state index in [2.05, 4.69) is 13.8 Å². The van der Waals surface area contributed by atoms with Crippen molar-refractivity contribution in [2.24, 2.45) is 22.7 Å². The van der Waals surface area contributed by atoms with Gasteiger partial charge in [-0.15, -0.1) is 0 Å². The number of aliphatic hydroxyl groups is 2. The van der Waals surface area contributed by atoms with Crippen LogP contribution in [0.2, 0.25) is 0 Å². The molecule has 0 saturated heterocycles. The van der Waals surface area contributed by atoms with E-state index in [4.69, 9.17) is 0 Å². The Labute approximate surface area is 143 Å². The molecule has 132 valence electrons. The molecule has 3 rings (SSSR count). The molecule has 0 amide bonds. The third-order valence-electron chi connectivity index (χ3n) is 6.52. The lowest BCUT2D eigenvalue weighted by molar-refractivity contribution is -0.140. The molecule has 0 bridgehead atoms. The normalized spacial score (nSPS) is 38.8. The number of allylic oxidation sites excluding steroid dienone is 2. The van der Waals surface area contributed by atoms with Gasteiger partial charge in [-0.05, 0) is 35.8 Å². The zero-order valence-corrected chi connectivity index (χ0v) is 15.2. The Morgan fingerprint density at radius 1 is 1.08 bits per heavy atom. The molecule has 24 heavy (non-hydrogen) atoms. The Hall–Kier alpha value is -1.26. The predicted molar refractivity (Wildman–Crippen MR) is 91.2 cm³/mol. The summed E-state index contributed by atoms with van der Waals surface area (Å²) in [5.74, 6) is -1.26. The minimum Gasteiger partial charge on any atom is -0.390 e. The Morgan fingerprint density at radius 3 is 2.29 bits per heavy atom. The number of carbonyl (C=O) groups is 2. The van der Waals surface area contributed by atoms with E-state index in [1.807, 2.05) is 20.8 Å². The number of Topliss-reactive ketones (excluding diaryl/α,β-unsaturated/α-hetero) is 2. The number of rotatable bonds is 1. The van der Waals surface area contributed by atoms with Crippen molar-refractivity contribution in [3.63, 3.8) is 0 Å². The fourth-order valence-corrected chi connectivity index (χ4v) is 5.50. The number of hydrogen-bond donors (Lipinski definition) is 2. The first-order chi connectivity index (χ1) is 11.0. The maximum atomic E-state index is 13.0. The summed E-state index contributed by atoms with van der Waals surface area (Å²) in [6, 6.07) is 0. The lowest BCUT2D eigenvalue weighted by Crippen LogP contribution is -2.59.